The molecule has 1 aliphatic carbocycles. The predicted octanol–water partition coefficient (Wildman–Crippen LogP) is 2.77. The lowest BCUT2D eigenvalue weighted by molar-refractivity contribution is -0.145. The molecule has 0 spiro atoms. The number of aromatic amines is 1. The van der Waals surface area contributed by atoms with E-state index < -0.39 is 12.0 Å². The third-order valence-electron chi connectivity index (χ3n) is 5.77. The summed E-state index contributed by atoms with van der Waals surface area (Å²) in [6.45, 7) is 0.703. The monoisotopic (exact) mass is 402 g/mol. The smallest absolute Gasteiger partial charge is 0.226 e. The Morgan fingerprint density at radius 1 is 1.10 bits per heavy atom. The molecule has 0 bridgehead atoms. The van der Waals surface area contributed by atoms with Gasteiger partial charge in [0, 0.05) is 55.3 Å². The number of fused-ring (bicyclic) bond motifs is 1. The maximum Gasteiger partial charge on any atom is 0.226 e. The number of hydrogen-bond donors (Lipinski definition) is 3. The summed E-state index contributed by atoms with van der Waals surface area (Å²) in [4.78, 5) is 35.0. The van der Waals surface area contributed by atoms with Crippen molar-refractivity contribution in [3.05, 3.63) is 66.1 Å². The minimum absolute atomic E-state index is 0.0503. The first-order chi connectivity index (χ1) is 14.6. The first-order valence-electron chi connectivity index (χ1n) is 10.1. The van der Waals surface area contributed by atoms with Gasteiger partial charge in [-0.25, -0.2) is 0 Å². The highest BCUT2D eigenvalue weighted by atomic mass is 16.3. The molecular weight excluding hydrogens is 380 g/mol. The summed E-state index contributed by atoms with van der Waals surface area (Å²) in [5.74, 6) is -0.506. The van der Waals surface area contributed by atoms with E-state index in [1.807, 2.05) is 42.5 Å². The SMILES string of the molecule is O=C1CC(C(=O)N2CC(O)C2)Cc2[nH]c(-c3ccncc3)c(Nc3ccccc3)c21. The molecule has 0 saturated carbocycles. The number of aliphatic hydroxyl groups is 1. The Balaban J connectivity index is 1.53. The summed E-state index contributed by atoms with van der Waals surface area (Å²) < 4.78 is 0. The maximum absolute atomic E-state index is 13.2. The average molecular weight is 402 g/mol. The van der Waals surface area contributed by atoms with Gasteiger partial charge in [-0.3, -0.25) is 14.6 Å². The van der Waals surface area contributed by atoms with Crippen molar-refractivity contribution < 1.29 is 14.7 Å². The second-order valence-corrected chi connectivity index (χ2v) is 7.88. The number of aliphatic hydroxyl groups excluding tert-OH is 1. The zero-order chi connectivity index (χ0) is 20.7. The Labute approximate surface area is 173 Å². The van der Waals surface area contributed by atoms with Crippen molar-refractivity contribution in [3.63, 3.8) is 0 Å². The third-order valence-corrected chi connectivity index (χ3v) is 5.77. The molecule has 1 amide bonds. The van der Waals surface area contributed by atoms with Crippen molar-refractivity contribution in [2.45, 2.75) is 18.9 Å². The van der Waals surface area contributed by atoms with Crippen molar-refractivity contribution in [1.29, 1.82) is 0 Å². The number of para-hydroxylation sites is 1. The maximum atomic E-state index is 13.2. The van der Waals surface area contributed by atoms with Gasteiger partial charge in [0.2, 0.25) is 5.91 Å². The van der Waals surface area contributed by atoms with Gasteiger partial charge in [-0.1, -0.05) is 18.2 Å². The zero-order valence-corrected chi connectivity index (χ0v) is 16.3. The van der Waals surface area contributed by atoms with Gasteiger partial charge in [-0.2, -0.15) is 0 Å². The summed E-state index contributed by atoms with van der Waals surface area (Å²) in [5, 5.41) is 12.9. The van der Waals surface area contributed by atoms with Crippen LogP contribution in [0.3, 0.4) is 0 Å². The molecule has 3 N–H and O–H groups in total. The fourth-order valence-electron chi connectivity index (χ4n) is 4.25. The summed E-state index contributed by atoms with van der Waals surface area (Å²) >= 11 is 0. The van der Waals surface area contributed by atoms with E-state index in [0.29, 0.717) is 25.1 Å². The van der Waals surface area contributed by atoms with Crippen LogP contribution in [0.15, 0.2) is 54.9 Å². The number of likely N-dealkylation sites (tertiary alicyclic amines) is 1. The van der Waals surface area contributed by atoms with Gasteiger partial charge in [0.1, 0.15) is 0 Å². The van der Waals surface area contributed by atoms with Crippen LogP contribution in [-0.4, -0.2) is 50.9 Å². The first-order valence-corrected chi connectivity index (χ1v) is 10.1. The number of β-amino-alcohol motifs (C(OH)–C–C–N with tert-alkyl or cyclic N) is 1. The van der Waals surface area contributed by atoms with E-state index in [0.717, 1.165) is 28.3 Å². The number of pyridine rings is 1. The van der Waals surface area contributed by atoms with Crippen LogP contribution in [-0.2, 0) is 11.2 Å². The lowest BCUT2D eigenvalue weighted by Gasteiger charge is -2.38. The third kappa shape index (κ3) is 3.27. The van der Waals surface area contributed by atoms with Crippen LogP contribution in [0.25, 0.3) is 11.3 Å². The Hall–Kier alpha value is -3.45. The summed E-state index contributed by atoms with van der Waals surface area (Å²) in [7, 11) is 0. The number of carbonyl (C=O) groups excluding carboxylic acids is 2. The highest BCUT2D eigenvalue weighted by Crippen LogP contribution is 2.40. The number of nitrogens with zero attached hydrogens (tertiary/aromatic N) is 2. The van der Waals surface area contributed by atoms with E-state index >= 15 is 0 Å². The van der Waals surface area contributed by atoms with Crippen molar-refractivity contribution >= 4 is 23.1 Å². The molecule has 7 nitrogen and oxygen atoms in total. The molecule has 1 unspecified atom stereocenters. The van der Waals surface area contributed by atoms with Crippen molar-refractivity contribution in [1.82, 2.24) is 14.9 Å². The average Bonchev–Trinajstić information content (AvgIpc) is 3.11. The number of carbonyl (C=O) groups is 2. The molecule has 30 heavy (non-hydrogen) atoms. The predicted molar refractivity (Wildman–Crippen MR) is 112 cm³/mol. The molecule has 3 heterocycles. The van der Waals surface area contributed by atoms with Gasteiger partial charge in [0.15, 0.2) is 5.78 Å². The number of ketones is 1. The Kier molecular flexibility index (Phi) is 4.59. The van der Waals surface area contributed by atoms with Crippen molar-refractivity contribution in [3.8, 4) is 11.3 Å². The normalized spacial score (nSPS) is 18.6. The van der Waals surface area contributed by atoms with Gasteiger partial charge < -0.3 is 20.3 Å². The van der Waals surface area contributed by atoms with Crippen LogP contribution in [0.4, 0.5) is 11.4 Å². The van der Waals surface area contributed by atoms with E-state index in [1.54, 1.807) is 17.3 Å². The Morgan fingerprint density at radius 3 is 2.53 bits per heavy atom. The molecule has 0 radical (unpaired) electrons. The number of hydrogen-bond acceptors (Lipinski definition) is 5. The Morgan fingerprint density at radius 2 is 1.83 bits per heavy atom. The van der Waals surface area contributed by atoms with Crippen molar-refractivity contribution in [2.24, 2.45) is 5.92 Å². The molecule has 5 rings (SSSR count). The van der Waals surface area contributed by atoms with Crippen LogP contribution < -0.4 is 5.32 Å². The first kappa shape index (κ1) is 18.6. The minimum Gasteiger partial charge on any atom is -0.389 e. The van der Waals surface area contributed by atoms with Crippen LogP contribution in [0.5, 0.6) is 0 Å². The topological polar surface area (TPSA) is 98.3 Å². The number of rotatable bonds is 4. The van der Waals surface area contributed by atoms with Gasteiger partial charge in [-0.05, 0) is 24.3 Å². The second kappa shape index (κ2) is 7.42. The number of amides is 1. The standard InChI is InChI=1S/C23H22N4O3/c28-17-12-27(13-17)23(30)15-10-18-20(19(29)11-15)22(25-16-4-2-1-3-5-16)21(26-18)14-6-8-24-9-7-14/h1-9,15,17,25-26,28H,10-13H2. The van der Waals surface area contributed by atoms with Crippen LogP contribution in [0, 0.1) is 5.92 Å². The number of aromatic nitrogens is 2. The largest absolute Gasteiger partial charge is 0.389 e. The highest BCUT2D eigenvalue weighted by Gasteiger charge is 2.39. The molecule has 2 aliphatic rings. The lowest BCUT2D eigenvalue weighted by atomic mass is 9.84. The number of benzene rings is 1. The molecule has 1 aromatic carbocycles. The molecule has 3 aromatic rings. The minimum atomic E-state index is -0.450. The Bertz CT molecular complexity index is 1090. The second-order valence-electron chi connectivity index (χ2n) is 7.88. The van der Waals surface area contributed by atoms with Gasteiger partial charge in [0.25, 0.3) is 0 Å². The van der Waals surface area contributed by atoms with E-state index in [-0.39, 0.29) is 18.1 Å². The molecule has 152 valence electrons. The molecule has 1 saturated heterocycles. The van der Waals surface area contributed by atoms with E-state index in [2.05, 4.69) is 15.3 Å². The lowest BCUT2D eigenvalue weighted by Crippen LogP contribution is -2.55. The van der Waals surface area contributed by atoms with Gasteiger partial charge >= 0.3 is 0 Å². The molecular formula is C23H22N4O3. The van der Waals surface area contributed by atoms with Crippen LogP contribution in [0.2, 0.25) is 0 Å². The molecule has 1 aliphatic heterocycles. The van der Waals surface area contributed by atoms with Crippen LogP contribution >= 0.6 is 0 Å². The number of Topliss-reactive ketones (excluding diaryl/α,β-unsaturated/α-hetero) is 1. The van der Waals surface area contributed by atoms with E-state index in [1.165, 1.54) is 0 Å². The number of nitrogens with one attached hydrogen (secondary N) is 2. The van der Waals surface area contributed by atoms with Crippen LogP contribution in [0.1, 0.15) is 22.5 Å². The summed E-state index contributed by atoms with van der Waals surface area (Å²) in [6.07, 6.45) is 3.63. The van der Waals surface area contributed by atoms with Gasteiger partial charge in [0.05, 0.1) is 29.0 Å². The zero-order valence-electron chi connectivity index (χ0n) is 16.3. The van der Waals surface area contributed by atoms with E-state index in [4.69, 9.17) is 0 Å². The molecule has 7 heteroatoms. The van der Waals surface area contributed by atoms with E-state index in [9.17, 15) is 14.7 Å². The van der Waals surface area contributed by atoms with Crippen molar-refractivity contribution in [2.75, 3.05) is 18.4 Å². The number of H-pyrrole nitrogens is 1. The number of anilines is 2. The molecule has 2 aromatic heterocycles. The summed E-state index contributed by atoms with van der Waals surface area (Å²) in [6, 6.07) is 13.5. The fraction of sp³-hybridized carbons (Fsp3) is 0.261. The molecule has 1 atom stereocenters. The highest BCUT2D eigenvalue weighted by molar-refractivity contribution is 6.09. The molecule has 1 fully saturated rings. The summed E-state index contributed by atoms with van der Waals surface area (Å²) in [5.41, 5.74) is 4.74. The fourth-order valence-corrected chi connectivity index (χ4v) is 4.25. The van der Waals surface area contributed by atoms with Gasteiger partial charge in [-0.15, -0.1) is 0 Å². The quantitative estimate of drug-likeness (QED) is 0.623.